The number of carbonyl (C=O) groups excluding carboxylic acids is 1. The van der Waals surface area contributed by atoms with E-state index in [1.54, 1.807) is 6.20 Å². The third-order valence-electron chi connectivity index (χ3n) is 5.09. The second-order valence-electron chi connectivity index (χ2n) is 7.65. The summed E-state index contributed by atoms with van der Waals surface area (Å²) in [6.07, 6.45) is 1.71. The van der Waals surface area contributed by atoms with Crippen LogP contribution in [0.5, 0.6) is 5.75 Å². The molecule has 3 aromatic carbocycles. The second kappa shape index (κ2) is 8.88. The van der Waals surface area contributed by atoms with Gasteiger partial charge in [0.25, 0.3) is 5.91 Å². The highest BCUT2D eigenvalue weighted by Gasteiger charge is 2.11. The van der Waals surface area contributed by atoms with E-state index in [1.807, 2.05) is 63.2 Å². The van der Waals surface area contributed by atoms with Crippen molar-refractivity contribution in [3.63, 3.8) is 0 Å². The molecule has 0 spiro atoms. The van der Waals surface area contributed by atoms with Gasteiger partial charge >= 0.3 is 0 Å². The van der Waals surface area contributed by atoms with E-state index >= 15 is 0 Å². The molecule has 0 radical (unpaired) electrons. The van der Waals surface area contributed by atoms with E-state index in [1.165, 1.54) is 11.1 Å². The van der Waals surface area contributed by atoms with E-state index < -0.39 is 0 Å². The van der Waals surface area contributed by atoms with Gasteiger partial charge < -0.3 is 9.72 Å². The summed E-state index contributed by atoms with van der Waals surface area (Å²) in [7, 11) is 0. The number of nitrogens with one attached hydrogen (secondary N) is 2. The Morgan fingerprint density at radius 2 is 1.52 bits per heavy atom. The first-order valence-electron chi connectivity index (χ1n) is 10.2. The number of nitrogens with zero attached hydrogens (tertiary/aromatic N) is 1. The molecular weight excluding hydrogens is 386 g/mol. The molecule has 1 amide bonds. The number of hydrogen-bond donors (Lipinski definition) is 2. The van der Waals surface area contributed by atoms with Gasteiger partial charge in [0.1, 0.15) is 5.75 Å². The van der Waals surface area contributed by atoms with Crippen molar-refractivity contribution >= 4 is 11.9 Å². The minimum Gasteiger partial charge on any atom is -0.483 e. The fourth-order valence-corrected chi connectivity index (χ4v) is 3.70. The fraction of sp³-hybridized carbons (Fsp3) is 0.154. The third-order valence-corrected chi connectivity index (χ3v) is 5.09. The number of rotatable bonds is 6. The Kier molecular flexibility index (Phi) is 5.85. The zero-order valence-corrected chi connectivity index (χ0v) is 17.9. The number of aromatic nitrogens is 2. The summed E-state index contributed by atoms with van der Waals surface area (Å²) in [5.74, 6) is 0.882. The molecule has 0 saturated carbocycles. The van der Waals surface area contributed by atoms with Crippen LogP contribution in [0.2, 0.25) is 0 Å². The second-order valence-corrected chi connectivity index (χ2v) is 7.65. The van der Waals surface area contributed by atoms with Crippen LogP contribution in [0.1, 0.15) is 16.7 Å². The van der Waals surface area contributed by atoms with Crippen LogP contribution in [0.15, 0.2) is 72.9 Å². The number of aryl methyl sites for hydroxylation is 3. The third kappa shape index (κ3) is 4.83. The van der Waals surface area contributed by atoms with Crippen molar-refractivity contribution in [2.75, 3.05) is 11.9 Å². The Labute approximate surface area is 182 Å². The van der Waals surface area contributed by atoms with E-state index in [0.717, 1.165) is 33.7 Å². The topological polar surface area (TPSA) is 67.0 Å². The lowest BCUT2D eigenvalue weighted by molar-refractivity contribution is -0.118. The Morgan fingerprint density at radius 3 is 2.19 bits per heavy atom. The Hall–Kier alpha value is -3.86. The molecule has 156 valence electrons. The van der Waals surface area contributed by atoms with Crippen LogP contribution in [-0.4, -0.2) is 22.5 Å². The SMILES string of the molecule is Cc1cc(C)c(OCC(=O)Nc2ncc(-c3ccc(-c4ccccc4)cc3)[nH]2)c(C)c1. The Morgan fingerprint density at radius 1 is 0.903 bits per heavy atom. The molecule has 0 saturated heterocycles. The van der Waals surface area contributed by atoms with Crippen molar-refractivity contribution in [1.82, 2.24) is 9.97 Å². The van der Waals surface area contributed by atoms with Gasteiger partial charge in [0.05, 0.1) is 11.9 Å². The van der Waals surface area contributed by atoms with Crippen LogP contribution >= 0.6 is 0 Å². The first-order valence-corrected chi connectivity index (χ1v) is 10.2. The fourth-order valence-electron chi connectivity index (χ4n) is 3.70. The number of benzene rings is 3. The molecule has 1 aromatic heterocycles. The number of anilines is 1. The molecule has 31 heavy (non-hydrogen) atoms. The van der Waals surface area contributed by atoms with E-state index in [0.29, 0.717) is 5.95 Å². The highest BCUT2D eigenvalue weighted by Crippen LogP contribution is 2.25. The molecule has 1 heterocycles. The number of carbonyl (C=O) groups is 1. The number of aromatic amines is 1. The molecular formula is C26H25N3O2. The van der Waals surface area contributed by atoms with Gasteiger partial charge in [0.15, 0.2) is 6.61 Å². The van der Waals surface area contributed by atoms with Crippen LogP contribution < -0.4 is 10.1 Å². The Balaban J connectivity index is 1.38. The van der Waals surface area contributed by atoms with Gasteiger partial charge in [-0.1, -0.05) is 72.3 Å². The number of imidazole rings is 1. The largest absolute Gasteiger partial charge is 0.483 e. The molecule has 0 aliphatic rings. The zero-order chi connectivity index (χ0) is 21.8. The summed E-state index contributed by atoms with van der Waals surface area (Å²) in [6.45, 7) is 5.93. The minimum absolute atomic E-state index is 0.0768. The monoisotopic (exact) mass is 411 g/mol. The summed E-state index contributed by atoms with van der Waals surface area (Å²) in [4.78, 5) is 19.7. The lowest BCUT2D eigenvalue weighted by Crippen LogP contribution is -2.21. The van der Waals surface area contributed by atoms with Crippen molar-refractivity contribution in [2.45, 2.75) is 20.8 Å². The van der Waals surface area contributed by atoms with Crippen molar-refractivity contribution < 1.29 is 9.53 Å². The van der Waals surface area contributed by atoms with E-state index in [2.05, 4.69) is 39.6 Å². The maximum absolute atomic E-state index is 12.3. The number of ether oxygens (including phenoxy) is 1. The first kappa shape index (κ1) is 20.4. The smallest absolute Gasteiger partial charge is 0.264 e. The van der Waals surface area contributed by atoms with Crippen LogP contribution in [0.4, 0.5) is 5.95 Å². The van der Waals surface area contributed by atoms with Crippen LogP contribution in [0, 0.1) is 20.8 Å². The maximum Gasteiger partial charge on any atom is 0.264 e. The van der Waals surface area contributed by atoms with Gasteiger partial charge in [-0.05, 0) is 48.6 Å². The summed E-state index contributed by atoms with van der Waals surface area (Å²) in [5.41, 5.74) is 7.36. The minimum atomic E-state index is -0.264. The average Bonchev–Trinajstić information content (AvgIpc) is 3.22. The molecule has 0 atom stereocenters. The number of H-pyrrole nitrogens is 1. The Bertz CT molecular complexity index is 1170. The van der Waals surface area contributed by atoms with E-state index in [9.17, 15) is 4.79 Å². The van der Waals surface area contributed by atoms with Gasteiger partial charge in [-0.2, -0.15) is 0 Å². The molecule has 5 nitrogen and oxygen atoms in total. The number of amides is 1. The summed E-state index contributed by atoms with van der Waals surface area (Å²) >= 11 is 0. The summed E-state index contributed by atoms with van der Waals surface area (Å²) < 4.78 is 5.75. The molecule has 4 aromatic rings. The molecule has 0 aliphatic heterocycles. The van der Waals surface area contributed by atoms with Crippen LogP contribution in [0.25, 0.3) is 22.4 Å². The highest BCUT2D eigenvalue weighted by atomic mass is 16.5. The molecule has 0 bridgehead atoms. The van der Waals surface area contributed by atoms with Crippen molar-refractivity contribution in [1.29, 1.82) is 0 Å². The van der Waals surface area contributed by atoms with Gasteiger partial charge in [0.2, 0.25) is 5.95 Å². The normalized spacial score (nSPS) is 10.7. The predicted octanol–water partition coefficient (Wildman–Crippen LogP) is 5.69. The average molecular weight is 412 g/mol. The molecule has 2 N–H and O–H groups in total. The van der Waals surface area contributed by atoms with Gasteiger partial charge in [0, 0.05) is 0 Å². The molecule has 5 heteroatoms. The van der Waals surface area contributed by atoms with Crippen molar-refractivity contribution in [2.24, 2.45) is 0 Å². The van der Waals surface area contributed by atoms with Crippen molar-refractivity contribution in [3.8, 4) is 28.1 Å². The number of hydrogen-bond acceptors (Lipinski definition) is 3. The molecule has 4 rings (SSSR count). The summed E-state index contributed by atoms with van der Waals surface area (Å²) in [5, 5.41) is 2.76. The lowest BCUT2D eigenvalue weighted by atomic mass is 10.0. The highest BCUT2D eigenvalue weighted by molar-refractivity contribution is 5.90. The standard InChI is InChI=1S/C26H25N3O2/c1-17-13-18(2)25(19(3)14-17)31-16-24(30)29-26-27-15-23(28-26)22-11-9-21(10-12-22)20-7-5-4-6-8-20/h4-15H,16H2,1-3H3,(H2,27,28,29,30). The first-order chi connectivity index (χ1) is 15.0. The van der Waals surface area contributed by atoms with E-state index in [4.69, 9.17) is 4.74 Å². The molecule has 0 fully saturated rings. The van der Waals surface area contributed by atoms with Gasteiger partial charge in [-0.25, -0.2) is 4.98 Å². The van der Waals surface area contributed by atoms with Gasteiger partial charge in [-0.3, -0.25) is 10.1 Å². The van der Waals surface area contributed by atoms with Crippen LogP contribution in [-0.2, 0) is 4.79 Å². The van der Waals surface area contributed by atoms with Gasteiger partial charge in [-0.15, -0.1) is 0 Å². The lowest BCUT2D eigenvalue weighted by Gasteiger charge is -2.12. The van der Waals surface area contributed by atoms with Crippen LogP contribution in [0.3, 0.4) is 0 Å². The molecule has 0 aliphatic carbocycles. The predicted molar refractivity (Wildman–Crippen MR) is 124 cm³/mol. The van der Waals surface area contributed by atoms with E-state index in [-0.39, 0.29) is 12.5 Å². The maximum atomic E-state index is 12.3. The zero-order valence-electron chi connectivity index (χ0n) is 17.9. The summed E-state index contributed by atoms with van der Waals surface area (Å²) in [6, 6.07) is 22.5. The molecule has 0 unspecified atom stereocenters. The quantitative estimate of drug-likeness (QED) is 0.428. The van der Waals surface area contributed by atoms with Crippen molar-refractivity contribution in [3.05, 3.63) is 89.6 Å².